The van der Waals surface area contributed by atoms with Gasteiger partial charge in [-0.25, -0.2) is 0 Å². The highest BCUT2D eigenvalue weighted by Gasteiger charge is 2.14. The Morgan fingerprint density at radius 3 is 2.54 bits per heavy atom. The van der Waals surface area contributed by atoms with Crippen LogP contribution in [0.5, 0.6) is 11.5 Å². The standard InChI is InChI=1S/C20H23N3O3/c1-4-25-18-8-6-5-7-17(18)20-21-19(26-22-20)14-23(2)13-15-9-11-16(24-3)12-10-15/h5-12H,4,13-14H2,1-3H3. The second-order valence-electron chi connectivity index (χ2n) is 5.96. The molecule has 0 amide bonds. The van der Waals surface area contributed by atoms with E-state index in [1.54, 1.807) is 7.11 Å². The molecule has 0 saturated carbocycles. The lowest BCUT2D eigenvalue weighted by Gasteiger charge is -2.14. The van der Waals surface area contributed by atoms with Gasteiger partial charge in [-0.15, -0.1) is 0 Å². The van der Waals surface area contributed by atoms with Crippen LogP contribution in [0, 0.1) is 0 Å². The van der Waals surface area contributed by atoms with Gasteiger partial charge in [0.25, 0.3) is 0 Å². The summed E-state index contributed by atoms with van der Waals surface area (Å²) in [6, 6.07) is 15.7. The molecule has 0 spiro atoms. The minimum absolute atomic E-state index is 0.543. The molecule has 6 heteroatoms. The van der Waals surface area contributed by atoms with Crippen LogP contribution in [0.2, 0.25) is 0 Å². The molecule has 0 atom stereocenters. The van der Waals surface area contributed by atoms with E-state index in [2.05, 4.69) is 15.0 Å². The summed E-state index contributed by atoms with van der Waals surface area (Å²) in [5, 5.41) is 4.10. The Balaban J connectivity index is 1.66. The molecule has 136 valence electrons. The fraction of sp³-hybridized carbons (Fsp3) is 0.300. The summed E-state index contributed by atoms with van der Waals surface area (Å²) in [4.78, 5) is 6.63. The molecule has 0 aliphatic rings. The normalized spacial score (nSPS) is 10.9. The maximum absolute atomic E-state index is 5.64. The van der Waals surface area contributed by atoms with Gasteiger partial charge in [-0.05, 0) is 43.8 Å². The third kappa shape index (κ3) is 4.40. The summed E-state index contributed by atoms with van der Waals surface area (Å²) in [7, 11) is 3.68. The van der Waals surface area contributed by atoms with E-state index in [0.717, 1.165) is 23.6 Å². The molecule has 6 nitrogen and oxygen atoms in total. The summed E-state index contributed by atoms with van der Waals surface area (Å²) in [6.07, 6.45) is 0. The van der Waals surface area contributed by atoms with Crippen LogP contribution >= 0.6 is 0 Å². The number of rotatable bonds is 8. The maximum Gasteiger partial charge on any atom is 0.241 e. The van der Waals surface area contributed by atoms with Crippen molar-refractivity contribution in [3.8, 4) is 22.9 Å². The summed E-state index contributed by atoms with van der Waals surface area (Å²) in [6.45, 7) is 3.88. The zero-order valence-corrected chi connectivity index (χ0v) is 15.3. The van der Waals surface area contributed by atoms with Gasteiger partial charge in [0.05, 0.1) is 25.8 Å². The summed E-state index contributed by atoms with van der Waals surface area (Å²) in [5.41, 5.74) is 2.02. The highest BCUT2D eigenvalue weighted by Crippen LogP contribution is 2.27. The number of aromatic nitrogens is 2. The molecule has 2 aromatic carbocycles. The molecular formula is C20H23N3O3. The number of hydrogen-bond acceptors (Lipinski definition) is 6. The van der Waals surface area contributed by atoms with Gasteiger partial charge in [0, 0.05) is 6.54 Å². The minimum Gasteiger partial charge on any atom is -0.497 e. The molecular weight excluding hydrogens is 330 g/mol. The number of ether oxygens (including phenoxy) is 2. The van der Waals surface area contributed by atoms with E-state index >= 15 is 0 Å². The van der Waals surface area contributed by atoms with Gasteiger partial charge in [-0.3, -0.25) is 4.90 Å². The van der Waals surface area contributed by atoms with Crippen molar-refractivity contribution in [1.82, 2.24) is 15.0 Å². The first-order valence-electron chi connectivity index (χ1n) is 8.56. The maximum atomic E-state index is 5.64. The van der Waals surface area contributed by atoms with Crippen molar-refractivity contribution in [3.05, 3.63) is 60.0 Å². The van der Waals surface area contributed by atoms with Gasteiger partial charge < -0.3 is 14.0 Å². The Morgan fingerprint density at radius 2 is 1.81 bits per heavy atom. The third-order valence-electron chi connectivity index (χ3n) is 3.91. The van der Waals surface area contributed by atoms with Crippen LogP contribution in [0.25, 0.3) is 11.4 Å². The number of nitrogens with zero attached hydrogens (tertiary/aromatic N) is 3. The van der Waals surface area contributed by atoms with Gasteiger partial charge in [0.1, 0.15) is 11.5 Å². The lowest BCUT2D eigenvalue weighted by Crippen LogP contribution is -2.17. The summed E-state index contributed by atoms with van der Waals surface area (Å²) < 4.78 is 16.2. The Kier molecular flexibility index (Phi) is 5.86. The third-order valence-corrected chi connectivity index (χ3v) is 3.91. The monoisotopic (exact) mass is 353 g/mol. The topological polar surface area (TPSA) is 60.6 Å². The minimum atomic E-state index is 0.543. The van der Waals surface area contributed by atoms with E-state index in [9.17, 15) is 0 Å². The van der Waals surface area contributed by atoms with Gasteiger partial charge in [-0.1, -0.05) is 29.4 Å². The second-order valence-corrected chi connectivity index (χ2v) is 5.96. The summed E-state index contributed by atoms with van der Waals surface area (Å²) >= 11 is 0. The first-order chi connectivity index (χ1) is 12.7. The molecule has 0 aliphatic heterocycles. The Morgan fingerprint density at radius 1 is 1.04 bits per heavy atom. The molecule has 0 radical (unpaired) electrons. The van der Waals surface area contributed by atoms with Gasteiger partial charge in [0.2, 0.25) is 11.7 Å². The number of hydrogen-bond donors (Lipinski definition) is 0. The fourth-order valence-corrected chi connectivity index (χ4v) is 2.69. The van der Waals surface area contributed by atoms with Crippen LogP contribution in [0.4, 0.5) is 0 Å². The predicted molar refractivity (Wildman–Crippen MR) is 99.1 cm³/mol. The fourth-order valence-electron chi connectivity index (χ4n) is 2.69. The molecule has 26 heavy (non-hydrogen) atoms. The van der Waals surface area contributed by atoms with Crippen molar-refractivity contribution in [2.24, 2.45) is 0 Å². The quantitative estimate of drug-likeness (QED) is 0.614. The molecule has 0 unspecified atom stereocenters. The van der Waals surface area contributed by atoms with Gasteiger partial charge >= 0.3 is 0 Å². The highest BCUT2D eigenvalue weighted by molar-refractivity contribution is 5.63. The molecule has 0 N–H and O–H groups in total. The summed E-state index contributed by atoms with van der Waals surface area (Å²) in [5.74, 6) is 2.73. The Labute approximate surface area is 153 Å². The van der Waals surface area contributed by atoms with Crippen LogP contribution in [-0.4, -0.2) is 35.8 Å². The molecule has 1 heterocycles. The molecule has 0 fully saturated rings. The van der Waals surface area contributed by atoms with Crippen molar-refractivity contribution < 1.29 is 14.0 Å². The first-order valence-corrected chi connectivity index (χ1v) is 8.56. The van der Waals surface area contributed by atoms with Crippen LogP contribution in [0.1, 0.15) is 18.4 Å². The highest BCUT2D eigenvalue weighted by atomic mass is 16.5. The van der Waals surface area contributed by atoms with Crippen LogP contribution < -0.4 is 9.47 Å². The number of benzene rings is 2. The SMILES string of the molecule is CCOc1ccccc1-c1noc(CN(C)Cc2ccc(OC)cc2)n1. The second kappa shape index (κ2) is 8.49. The Bertz CT molecular complexity index is 830. The zero-order valence-electron chi connectivity index (χ0n) is 15.3. The van der Waals surface area contributed by atoms with E-state index in [0.29, 0.717) is 24.9 Å². The molecule has 0 bridgehead atoms. The van der Waals surface area contributed by atoms with Crippen molar-refractivity contribution >= 4 is 0 Å². The van der Waals surface area contributed by atoms with E-state index in [1.807, 2.05) is 62.5 Å². The average Bonchev–Trinajstić information content (AvgIpc) is 3.11. The molecule has 3 rings (SSSR count). The van der Waals surface area contributed by atoms with Gasteiger partial charge in [0.15, 0.2) is 0 Å². The Hall–Kier alpha value is -2.86. The zero-order chi connectivity index (χ0) is 18.4. The van der Waals surface area contributed by atoms with Crippen LogP contribution in [0.3, 0.4) is 0 Å². The number of para-hydroxylation sites is 1. The molecule has 3 aromatic rings. The van der Waals surface area contributed by atoms with E-state index in [4.69, 9.17) is 14.0 Å². The lowest BCUT2D eigenvalue weighted by molar-refractivity contribution is 0.260. The van der Waals surface area contributed by atoms with Gasteiger partial charge in [-0.2, -0.15) is 4.98 Å². The van der Waals surface area contributed by atoms with Crippen LogP contribution in [-0.2, 0) is 13.1 Å². The largest absolute Gasteiger partial charge is 0.497 e. The molecule has 0 saturated heterocycles. The molecule has 0 aliphatic carbocycles. The van der Waals surface area contributed by atoms with E-state index in [1.165, 1.54) is 5.56 Å². The van der Waals surface area contributed by atoms with Crippen molar-refractivity contribution in [2.75, 3.05) is 20.8 Å². The van der Waals surface area contributed by atoms with Crippen molar-refractivity contribution in [3.63, 3.8) is 0 Å². The molecule has 1 aromatic heterocycles. The van der Waals surface area contributed by atoms with E-state index in [-0.39, 0.29) is 0 Å². The lowest BCUT2D eigenvalue weighted by atomic mass is 10.2. The van der Waals surface area contributed by atoms with Crippen molar-refractivity contribution in [2.45, 2.75) is 20.0 Å². The van der Waals surface area contributed by atoms with Crippen LogP contribution in [0.15, 0.2) is 53.1 Å². The number of methoxy groups -OCH3 is 1. The van der Waals surface area contributed by atoms with Crippen molar-refractivity contribution in [1.29, 1.82) is 0 Å². The predicted octanol–water partition coefficient (Wildman–Crippen LogP) is 3.78. The van der Waals surface area contributed by atoms with E-state index < -0.39 is 0 Å². The average molecular weight is 353 g/mol. The first kappa shape index (κ1) is 17.9. The smallest absolute Gasteiger partial charge is 0.241 e.